The van der Waals surface area contributed by atoms with Gasteiger partial charge >= 0.3 is 0 Å². The third-order valence-corrected chi connectivity index (χ3v) is 4.06. The molecule has 2 fully saturated rings. The lowest BCUT2D eigenvalue weighted by Crippen LogP contribution is -2.10. The van der Waals surface area contributed by atoms with E-state index in [2.05, 4.69) is 22.4 Å². The summed E-state index contributed by atoms with van der Waals surface area (Å²) in [6, 6.07) is 0. The molecule has 0 bridgehead atoms. The largest absolute Gasteiger partial charge is 0.339 e. The minimum atomic E-state index is -2.56. The summed E-state index contributed by atoms with van der Waals surface area (Å²) < 4.78 is 31.6. The Morgan fingerprint density at radius 1 is 1.39 bits per heavy atom. The van der Waals surface area contributed by atoms with Crippen molar-refractivity contribution in [1.29, 1.82) is 0 Å². The second-order valence-electron chi connectivity index (χ2n) is 5.53. The van der Waals surface area contributed by atoms with Crippen LogP contribution in [-0.2, 0) is 0 Å². The van der Waals surface area contributed by atoms with Crippen LogP contribution in [0.4, 0.5) is 8.78 Å². The average Bonchev–Trinajstić information content (AvgIpc) is 2.97. The molecule has 3 rings (SSSR count). The van der Waals surface area contributed by atoms with Gasteiger partial charge in [0.05, 0.1) is 5.92 Å². The fourth-order valence-corrected chi connectivity index (χ4v) is 2.87. The first-order valence-electron chi connectivity index (χ1n) is 6.47. The lowest BCUT2D eigenvalue weighted by Gasteiger charge is -2.08. The number of halogens is 2. The molecular formula is C12H17F2N3O. The Hall–Kier alpha value is -1.04. The lowest BCUT2D eigenvalue weighted by atomic mass is 9.98. The Morgan fingerprint density at radius 2 is 2.22 bits per heavy atom. The Bertz CT molecular complexity index is 435. The van der Waals surface area contributed by atoms with Gasteiger partial charge in [-0.1, -0.05) is 12.1 Å². The van der Waals surface area contributed by atoms with Crippen LogP contribution >= 0.6 is 0 Å². The van der Waals surface area contributed by atoms with Crippen LogP contribution in [0.25, 0.3) is 0 Å². The zero-order chi connectivity index (χ0) is 12.8. The summed E-state index contributed by atoms with van der Waals surface area (Å²) in [7, 11) is 0. The lowest BCUT2D eigenvalue weighted by molar-refractivity contribution is 0.00750. The van der Waals surface area contributed by atoms with E-state index in [1.165, 1.54) is 0 Å². The fourth-order valence-electron chi connectivity index (χ4n) is 2.87. The van der Waals surface area contributed by atoms with Crippen molar-refractivity contribution < 1.29 is 13.3 Å². The van der Waals surface area contributed by atoms with Gasteiger partial charge < -0.3 is 9.84 Å². The molecule has 3 unspecified atom stereocenters. The van der Waals surface area contributed by atoms with Gasteiger partial charge in [0.25, 0.3) is 0 Å². The molecule has 1 aromatic heterocycles. The summed E-state index contributed by atoms with van der Waals surface area (Å²) >= 11 is 0. The molecule has 18 heavy (non-hydrogen) atoms. The smallest absolute Gasteiger partial charge is 0.248 e. The number of aromatic nitrogens is 2. The normalized spacial score (nSPS) is 35.2. The molecule has 3 atom stereocenters. The van der Waals surface area contributed by atoms with E-state index in [0.717, 1.165) is 13.1 Å². The molecule has 1 saturated heterocycles. The quantitative estimate of drug-likeness (QED) is 0.883. The van der Waals surface area contributed by atoms with Crippen molar-refractivity contribution in [2.24, 2.45) is 5.92 Å². The van der Waals surface area contributed by atoms with Gasteiger partial charge in [0, 0.05) is 25.3 Å². The van der Waals surface area contributed by atoms with Crippen LogP contribution in [0.5, 0.6) is 0 Å². The van der Waals surface area contributed by atoms with Gasteiger partial charge in [-0.25, -0.2) is 8.78 Å². The number of hydrogen-bond acceptors (Lipinski definition) is 4. The maximum absolute atomic E-state index is 13.2. The molecule has 1 aromatic rings. The molecule has 0 amide bonds. The van der Waals surface area contributed by atoms with Crippen LogP contribution < -0.4 is 5.32 Å². The maximum atomic E-state index is 13.2. The second-order valence-corrected chi connectivity index (χ2v) is 5.53. The van der Waals surface area contributed by atoms with Gasteiger partial charge in [-0.2, -0.15) is 4.98 Å². The third-order valence-electron chi connectivity index (χ3n) is 4.06. The number of rotatable bonds is 2. The highest BCUT2D eigenvalue weighted by molar-refractivity contribution is 5.06. The van der Waals surface area contributed by atoms with Crippen molar-refractivity contribution in [3.05, 3.63) is 11.7 Å². The van der Waals surface area contributed by atoms with Crippen molar-refractivity contribution in [1.82, 2.24) is 15.5 Å². The number of nitrogens with one attached hydrogen (secondary N) is 1. The van der Waals surface area contributed by atoms with E-state index >= 15 is 0 Å². The molecule has 2 heterocycles. The van der Waals surface area contributed by atoms with Gasteiger partial charge in [-0.15, -0.1) is 0 Å². The number of alkyl halides is 2. The molecule has 100 valence electrons. The van der Waals surface area contributed by atoms with Gasteiger partial charge in [-0.3, -0.25) is 0 Å². The van der Waals surface area contributed by atoms with E-state index in [1.807, 2.05) is 0 Å². The molecule has 0 aromatic carbocycles. The molecule has 1 aliphatic heterocycles. The van der Waals surface area contributed by atoms with E-state index in [9.17, 15) is 8.78 Å². The number of hydrogen-bond donors (Lipinski definition) is 1. The van der Waals surface area contributed by atoms with Gasteiger partial charge in [-0.05, 0) is 18.9 Å². The van der Waals surface area contributed by atoms with Crippen molar-refractivity contribution >= 4 is 0 Å². The molecule has 2 aliphatic rings. The van der Waals surface area contributed by atoms with E-state index in [1.54, 1.807) is 0 Å². The second kappa shape index (κ2) is 4.26. The highest BCUT2D eigenvalue weighted by Crippen LogP contribution is 2.43. The minimum Gasteiger partial charge on any atom is -0.339 e. The summed E-state index contributed by atoms with van der Waals surface area (Å²) in [5.74, 6) is -1.09. The number of nitrogens with zero attached hydrogens (tertiary/aromatic N) is 2. The predicted octanol–water partition coefficient (Wildman–Crippen LogP) is 2.30. The predicted molar refractivity (Wildman–Crippen MR) is 60.6 cm³/mol. The fraction of sp³-hybridized carbons (Fsp3) is 0.833. The van der Waals surface area contributed by atoms with Crippen molar-refractivity contribution in [2.75, 3.05) is 13.1 Å². The first-order chi connectivity index (χ1) is 8.55. The zero-order valence-electron chi connectivity index (χ0n) is 10.3. The Labute approximate surface area is 104 Å². The molecule has 0 spiro atoms. The standard InChI is InChI=1S/C12H17F2N3O/c1-7-5-15-6-9(7)11-16-10(17-18-11)8-2-3-12(13,14)4-8/h7-9,15H,2-6H2,1H3. The van der Waals surface area contributed by atoms with Crippen LogP contribution in [0.1, 0.15) is 49.7 Å². The Kier molecular flexibility index (Phi) is 2.84. The Balaban J connectivity index is 1.74. The van der Waals surface area contributed by atoms with E-state index in [4.69, 9.17) is 4.52 Å². The van der Waals surface area contributed by atoms with Crippen LogP contribution in [0, 0.1) is 5.92 Å². The summed E-state index contributed by atoms with van der Waals surface area (Å²) in [6.07, 6.45) is 0.234. The van der Waals surface area contributed by atoms with Crippen LogP contribution in [-0.4, -0.2) is 29.2 Å². The minimum absolute atomic E-state index is 0.0665. The highest BCUT2D eigenvalue weighted by Gasteiger charge is 2.42. The third kappa shape index (κ3) is 2.13. The van der Waals surface area contributed by atoms with E-state index < -0.39 is 5.92 Å². The molecule has 4 nitrogen and oxygen atoms in total. The van der Waals surface area contributed by atoms with Gasteiger partial charge in [0.2, 0.25) is 11.8 Å². The van der Waals surface area contributed by atoms with Gasteiger partial charge in [0.1, 0.15) is 0 Å². The summed E-state index contributed by atoms with van der Waals surface area (Å²) in [5.41, 5.74) is 0. The van der Waals surface area contributed by atoms with E-state index in [-0.39, 0.29) is 24.7 Å². The first kappa shape index (κ1) is 12.0. The molecule has 1 aliphatic carbocycles. The molecule has 6 heteroatoms. The molecule has 1 N–H and O–H groups in total. The Morgan fingerprint density at radius 3 is 2.83 bits per heavy atom. The van der Waals surface area contributed by atoms with Crippen LogP contribution in [0.15, 0.2) is 4.52 Å². The van der Waals surface area contributed by atoms with Crippen LogP contribution in [0.3, 0.4) is 0 Å². The zero-order valence-corrected chi connectivity index (χ0v) is 10.3. The molecular weight excluding hydrogens is 240 g/mol. The van der Waals surface area contributed by atoms with Crippen molar-refractivity contribution in [2.45, 2.75) is 43.9 Å². The molecule has 1 saturated carbocycles. The first-order valence-corrected chi connectivity index (χ1v) is 6.47. The maximum Gasteiger partial charge on any atom is 0.248 e. The SMILES string of the molecule is CC1CNCC1c1nc(C2CCC(F)(F)C2)no1. The van der Waals surface area contributed by atoms with E-state index in [0.29, 0.717) is 24.1 Å². The van der Waals surface area contributed by atoms with Crippen molar-refractivity contribution in [3.8, 4) is 0 Å². The monoisotopic (exact) mass is 257 g/mol. The molecule has 0 radical (unpaired) electrons. The van der Waals surface area contributed by atoms with Crippen LogP contribution in [0.2, 0.25) is 0 Å². The summed E-state index contributed by atoms with van der Waals surface area (Å²) in [5, 5.41) is 7.16. The average molecular weight is 257 g/mol. The van der Waals surface area contributed by atoms with Gasteiger partial charge in [0.15, 0.2) is 5.82 Å². The summed E-state index contributed by atoms with van der Waals surface area (Å²) in [6.45, 7) is 3.88. The topological polar surface area (TPSA) is 51.0 Å². The summed E-state index contributed by atoms with van der Waals surface area (Å²) in [4.78, 5) is 4.34. The van der Waals surface area contributed by atoms with Crippen molar-refractivity contribution in [3.63, 3.8) is 0 Å². The highest BCUT2D eigenvalue weighted by atomic mass is 19.3.